The van der Waals surface area contributed by atoms with Gasteiger partial charge in [0.15, 0.2) is 0 Å². The summed E-state index contributed by atoms with van der Waals surface area (Å²) in [5, 5.41) is 6.17. The minimum atomic E-state index is -0.221. The summed E-state index contributed by atoms with van der Waals surface area (Å²) in [4.78, 5) is 26.6. The number of halogens is 1. The van der Waals surface area contributed by atoms with Crippen molar-refractivity contribution < 1.29 is 14.3 Å². The Hall–Kier alpha value is -2.57. The Kier molecular flexibility index (Phi) is 7.84. The summed E-state index contributed by atoms with van der Waals surface area (Å²) in [6, 6.07) is 10.9. The van der Waals surface area contributed by atoms with Gasteiger partial charge in [0.1, 0.15) is 5.75 Å². The topological polar surface area (TPSA) is 70.7 Å². The van der Waals surface area contributed by atoms with Crippen LogP contribution in [0.1, 0.15) is 18.1 Å². The zero-order valence-corrected chi connectivity index (χ0v) is 17.4. The summed E-state index contributed by atoms with van der Waals surface area (Å²) in [5.41, 5.74) is 3.13. The van der Waals surface area contributed by atoms with Crippen molar-refractivity contribution in [3.05, 3.63) is 52.5 Å². The van der Waals surface area contributed by atoms with Crippen LogP contribution >= 0.6 is 11.6 Å². The minimum Gasteiger partial charge on any atom is -0.495 e. The van der Waals surface area contributed by atoms with Gasteiger partial charge in [-0.1, -0.05) is 36.7 Å². The Labute approximate surface area is 170 Å². The van der Waals surface area contributed by atoms with Gasteiger partial charge in [0.05, 0.1) is 36.6 Å². The summed E-state index contributed by atoms with van der Waals surface area (Å²) in [6.07, 6.45) is 0. The van der Waals surface area contributed by atoms with E-state index in [9.17, 15) is 9.59 Å². The first-order chi connectivity index (χ1) is 13.3. The molecule has 2 aromatic carbocycles. The lowest BCUT2D eigenvalue weighted by molar-refractivity contribution is -0.119. The van der Waals surface area contributed by atoms with Gasteiger partial charge in [-0.3, -0.25) is 14.5 Å². The molecule has 0 spiro atoms. The maximum absolute atomic E-state index is 12.4. The molecule has 0 aliphatic carbocycles. The standard InChI is InChI=1S/C21H26ClN3O3/c1-5-25(12-19(26)23-17-8-6-7-9-18(17)28-4)13-20(27)24-21-15(3)10-14(2)11-16(21)22/h6-11H,5,12-13H2,1-4H3,(H,23,26)(H,24,27). The van der Waals surface area contributed by atoms with Crippen LogP contribution in [0.25, 0.3) is 0 Å². The number of likely N-dealkylation sites (N-methyl/N-ethyl adjacent to an activating group) is 1. The molecule has 2 aromatic rings. The Bertz CT molecular complexity index is 832. The predicted molar refractivity (Wildman–Crippen MR) is 113 cm³/mol. The monoisotopic (exact) mass is 403 g/mol. The van der Waals surface area contributed by atoms with Crippen LogP contribution in [0.2, 0.25) is 5.02 Å². The van der Waals surface area contributed by atoms with Crippen LogP contribution in [0.15, 0.2) is 36.4 Å². The molecule has 0 bridgehead atoms. The molecule has 2 amide bonds. The highest BCUT2D eigenvalue weighted by Gasteiger charge is 2.16. The highest BCUT2D eigenvalue weighted by molar-refractivity contribution is 6.34. The van der Waals surface area contributed by atoms with Crippen molar-refractivity contribution in [2.24, 2.45) is 0 Å². The molecule has 0 fully saturated rings. The van der Waals surface area contributed by atoms with Gasteiger partial charge < -0.3 is 15.4 Å². The number of hydrogen-bond acceptors (Lipinski definition) is 4. The third-order valence-corrected chi connectivity index (χ3v) is 4.56. The van der Waals surface area contributed by atoms with Crippen LogP contribution < -0.4 is 15.4 Å². The molecule has 0 radical (unpaired) electrons. The third kappa shape index (κ3) is 5.97. The molecule has 2 N–H and O–H groups in total. The fourth-order valence-corrected chi connectivity index (χ4v) is 3.24. The van der Waals surface area contributed by atoms with E-state index in [0.717, 1.165) is 11.1 Å². The number of amides is 2. The Morgan fingerprint density at radius 2 is 1.71 bits per heavy atom. The van der Waals surface area contributed by atoms with E-state index in [1.807, 2.05) is 45.0 Å². The maximum Gasteiger partial charge on any atom is 0.238 e. The number of hydrogen-bond donors (Lipinski definition) is 2. The normalized spacial score (nSPS) is 10.6. The molecule has 0 aliphatic rings. The van der Waals surface area contributed by atoms with Crippen LogP contribution in [0, 0.1) is 13.8 Å². The van der Waals surface area contributed by atoms with Crippen molar-refractivity contribution in [3.63, 3.8) is 0 Å². The van der Waals surface area contributed by atoms with Gasteiger partial charge >= 0.3 is 0 Å². The second kappa shape index (κ2) is 10.1. The molecule has 150 valence electrons. The van der Waals surface area contributed by atoms with E-state index in [0.29, 0.717) is 28.7 Å². The quantitative estimate of drug-likeness (QED) is 0.702. The summed E-state index contributed by atoms with van der Waals surface area (Å²) >= 11 is 6.25. The number of ether oxygens (including phenoxy) is 1. The number of nitrogens with one attached hydrogen (secondary N) is 2. The molecule has 28 heavy (non-hydrogen) atoms. The van der Waals surface area contributed by atoms with Gasteiger partial charge in [-0.05, 0) is 49.7 Å². The number of carbonyl (C=O) groups is 2. The van der Waals surface area contributed by atoms with E-state index < -0.39 is 0 Å². The van der Waals surface area contributed by atoms with Crippen molar-refractivity contribution in [1.29, 1.82) is 0 Å². The van der Waals surface area contributed by atoms with Crippen molar-refractivity contribution >= 4 is 34.8 Å². The number of carbonyl (C=O) groups excluding carboxylic acids is 2. The second-order valence-electron chi connectivity index (χ2n) is 6.54. The summed E-state index contributed by atoms with van der Waals surface area (Å²) in [5.74, 6) is 0.144. The largest absolute Gasteiger partial charge is 0.495 e. The molecule has 0 heterocycles. The van der Waals surface area contributed by atoms with E-state index >= 15 is 0 Å². The number of nitrogens with zero attached hydrogens (tertiary/aromatic N) is 1. The first-order valence-corrected chi connectivity index (χ1v) is 9.43. The van der Waals surface area contributed by atoms with Crippen LogP contribution in [-0.4, -0.2) is 43.5 Å². The lowest BCUT2D eigenvalue weighted by Crippen LogP contribution is -2.38. The van der Waals surface area contributed by atoms with Gasteiger partial charge in [-0.25, -0.2) is 0 Å². The summed E-state index contributed by atoms with van der Waals surface area (Å²) in [7, 11) is 1.55. The van der Waals surface area contributed by atoms with Crippen LogP contribution in [0.5, 0.6) is 5.75 Å². The van der Waals surface area contributed by atoms with E-state index in [1.165, 1.54) is 0 Å². The van der Waals surface area contributed by atoms with Gasteiger partial charge in [-0.2, -0.15) is 0 Å². The molecule has 0 unspecified atom stereocenters. The Morgan fingerprint density at radius 3 is 2.32 bits per heavy atom. The van der Waals surface area contributed by atoms with E-state index in [-0.39, 0.29) is 24.9 Å². The number of para-hydroxylation sites is 2. The highest BCUT2D eigenvalue weighted by Crippen LogP contribution is 2.27. The number of rotatable bonds is 8. The molecule has 0 aliphatic heterocycles. The van der Waals surface area contributed by atoms with Crippen LogP contribution in [0.4, 0.5) is 11.4 Å². The zero-order valence-electron chi connectivity index (χ0n) is 16.6. The maximum atomic E-state index is 12.4. The molecule has 7 heteroatoms. The molecule has 0 saturated heterocycles. The third-order valence-electron chi connectivity index (χ3n) is 4.26. The summed E-state index contributed by atoms with van der Waals surface area (Å²) in [6.45, 7) is 6.46. The van der Waals surface area contributed by atoms with Gasteiger partial charge in [-0.15, -0.1) is 0 Å². The number of anilines is 2. The van der Waals surface area contributed by atoms with Gasteiger partial charge in [0, 0.05) is 0 Å². The molecule has 0 saturated carbocycles. The Balaban J connectivity index is 1.96. The molecule has 0 aromatic heterocycles. The molecular weight excluding hydrogens is 378 g/mol. The van der Waals surface area contributed by atoms with Crippen molar-refractivity contribution in [2.75, 3.05) is 37.4 Å². The number of methoxy groups -OCH3 is 1. The summed E-state index contributed by atoms with van der Waals surface area (Å²) < 4.78 is 5.23. The SMILES string of the molecule is CCN(CC(=O)Nc1ccccc1OC)CC(=O)Nc1c(C)cc(C)cc1Cl. The van der Waals surface area contributed by atoms with Gasteiger partial charge in [0.2, 0.25) is 11.8 Å². The number of aryl methyl sites for hydroxylation is 2. The molecular formula is C21H26ClN3O3. The van der Waals surface area contributed by atoms with E-state index in [4.69, 9.17) is 16.3 Å². The highest BCUT2D eigenvalue weighted by atomic mass is 35.5. The molecule has 6 nitrogen and oxygen atoms in total. The average molecular weight is 404 g/mol. The number of benzene rings is 2. The average Bonchev–Trinajstić information content (AvgIpc) is 2.64. The lowest BCUT2D eigenvalue weighted by Gasteiger charge is -2.20. The fourth-order valence-electron chi connectivity index (χ4n) is 2.88. The predicted octanol–water partition coefficient (Wildman–Crippen LogP) is 3.86. The first kappa shape index (κ1) is 21.7. The second-order valence-corrected chi connectivity index (χ2v) is 6.95. The first-order valence-electron chi connectivity index (χ1n) is 9.05. The molecule has 2 rings (SSSR count). The van der Waals surface area contributed by atoms with E-state index in [1.54, 1.807) is 24.1 Å². The molecule has 0 atom stereocenters. The lowest BCUT2D eigenvalue weighted by atomic mass is 10.1. The zero-order chi connectivity index (χ0) is 20.7. The van der Waals surface area contributed by atoms with Crippen molar-refractivity contribution in [3.8, 4) is 5.75 Å². The van der Waals surface area contributed by atoms with Crippen molar-refractivity contribution in [1.82, 2.24) is 4.90 Å². The van der Waals surface area contributed by atoms with Gasteiger partial charge in [0.25, 0.3) is 0 Å². The van der Waals surface area contributed by atoms with Crippen LogP contribution in [0.3, 0.4) is 0 Å². The fraction of sp³-hybridized carbons (Fsp3) is 0.333. The van der Waals surface area contributed by atoms with Crippen LogP contribution in [-0.2, 0) is 9.59 Å². The van der Waals surface area contributed by atoms with Crippen molar-refractivity contribution in [2.45, 2.75) is 20.8 Å². The smallest absolute Gasteiger partial charge is 0.238 e. The minimum absolute atomic E-state index is 0.0828. The Morgan fingerprint density at radius 1 is 1.07 bits per heavy atom. The van der Waals surface area contributed by atoms with E-state index in [2.05, 4.69) is 10.6 Å².